The molecule has 0 saturated carbocycles. The van der Waals surface area contributed by atoms with E-state index in [0.29, 0.717) is 24.0 Å². The molecule has 0 unspecified atom stereocenters. The third-order valence-electron chi connectivity index (χ3n) is 3.21. The molecular formula is C16H19NO3. The molecule has 1 heterocycles. The molecule has 1 aromatic rings. The molecule has 0 aliphatic carbocycles. The molecule has 1 aromatic carbocycles. The van der Waals surface area contributed by atoms with Crippen molar-refractivity contribution in [3.05, 3.63) is 29.8 Å². The van der Waals surface area contributed by atoms with Gasteiger partial charge in [0.05, 0.1) is 6.10 Å². The molecule has 0 aromatic heterocycles. The highest BCUT2D eigenvalue weighted by Gasteiger charge is 2.15. The van der Waals surface area contributed by atoms with Crippen LogP contribution in [0.4, 0.5) is 0 Å². The molecule has 1 N–H and O–H groups in total. The molecule has 1 aliphatic rings. The molecule has 106 valence electrons. The number of carbonyl (C=O) groups excluding carboxylic acids is 1. The first-order valence-electron chi connectivity index (χ1n) is 6.85. The predicted molar refractivity (Wildman–Crippen MR) is 76.7 cm³/mol. The van der Waals surface area contributed by atoms with Crippen LogP contribution in [0.15, 0.2) is 24.3 Å². The molecule has 4 nitrogen and oxygen atoms in total. The van der Waals surface area contributed by atoms with Gasteiger partial charge in [-0.3, -0.25) is 4.79 Å². The number of terminal acetylenes is 1. The Morgan fingerprint density at radius 1 is 1.45 bits per heavy atom. The van der Waals surface area contributed by atoms with Crippen molar-refractivity contribution in [3.8, 4) is 18.1 Å². The van der Waals surface area contributed by atoms with Crippen molar-refractivity contribution in [1.29, 1.82) is 0 Å². The van der Waals surface area contributed by atoms with Gasteiger partial charge < -0.3 is 14.8 Å². The standard InChI is InChI=1S/C16H19NO3/c1-2-11-19-15-7-5-13(6-8-15)16(18)17-10-9-14-4-3-12-20-14/h1,5-8,14H,3-4,9-12H2,(H,17,18)/t14-/m0/s1. The summed E-state index contributed by atoms with van der Waals surface area (Å²) in [5.41, 5.74) is 0.616. The van der Waals surface area contributed by atoms with Gasteiger partial charge in [-0.25, -0.2) is 0 Å². The van der Waals surface area contributed by atoms with E-state index in [4.69, 9.17) is 15.9 Å². The first kappa shape index (κ1) is 14.4. The maximum Gasteiger partial charge on any atom is 0.251 e. The molecule has 4 heteroatoms. The van der Waals surface area contributed by atoms with E-state index in [0.717, 1.165) is 25.9 Å². The second-order valence-corrected chi connectivity index (χ2v) is 4.70. The molecule has 1 saturated heterocycles. The minimum absolute atomic E-state index is 0.0773. The second-order valence-electron chi connectivity index (χ2n) is 4.70. The molecular weight excluding hydrogens is 254 g/mol. The zero-order chi connectivity index (χ0) is 14.2. The van der Waals surface area contributed by atoms with Crippen molar-refractivity contribution in [3.63, 3.8) is 0 Å². The normalized spacial score (nSPS) is 17.4. The van der Waals surface area contributed by atoms with Crippen LogP contribution in [0.25, 0.3) is 0 Å². The quantitative estimate of drug-likeness (QED) is 0.806. The SMILES string of the molecule is C#CCOc1ccc(C(=O)NCC[C@@H]2CCCO2)cc1. The van der Waals surface area contributed by atoms with E-state index in [1.54, 1.807) is 24.3 Å². The summed E-state index contributed by atoms with van der Waals surface area (Å²) >= 11 is 0. The smallest absolute Gasteiger partial charge is 0.251 e. The van der Waals surface area contributed by atoms with E-state index < -0.39 is 0 Å². The third kappa shape index (κ3) is 4.29. The Morgan fingerprint density at radius 2 is 2.25 bits per heavy atom. The van der Waals surface area contributed by atoms with Gasteiger partial charge in [0.2, 0.25) is 0 Å². The number of hydrogen-bond acceptors (Lipinski definition) is 3. The van der Waals surface area contributed by atoms with Gasteiger partial charge in [0, 0.05) is 18.7 Å². The van der Waals surface area contributed by atoms with Gasteiger partial charge in [0.25, 0.3) is 5.91 Å². The van der Waals surface area contributed by atoms with Crippen LogP contribution in [0.2, 0.25) is 0 Å². The van der Waals surface area contributed by atoms with E-state index in [9.17, 15) is 4.79 Å². The number of hydrogen-bond donors (Lipinski definition) is 1. The van der Waals surface area contributed by atoms with Gasteiger partial charge in [0.15, 0.2) is 0 Å². The molecule has 0 spiro atoms. The number of ether oxygens (including phenoxy) is 2. The summed E-state index contributed by atoms with van der Waals surface area (Å²) in [6, 6.07) is 6.94. The second kappa shape index (κ2) is 7.56. The fourth-order valence-corrected chi connectivity index (χ4v) is 2.15. The first-order chi connectivity index (χ1) is 9.79. The van der Waals surface area contributed by atoms with E-state index in [-0.39, 0.29) is 12.5 Å². The van der Waals surface area contributed by atoms with Crippen LogP contribution in [-0.2, 0) is 4.74 Å². The number of rotatable bonds is 6. The maximum absolute atomic E-state index is 11.9. The van der Waals surface area contributed by atoms with Gasteiger partial charge in [-0.2, -0.15) is 0 Å². The summed E-state index contributed by atoms with van der Waals surface area (Å²) in [5.74, 6) is 2.98. The predicted octanol–water partition coefficient (Wildman–Crippen LogP) is 2.00. The van der Waals surface area contributed by atoms with Gasteiger partial charge in [0.1, 0.15) is 12.4 Å². The average molecular weight is 273 g/mol. The monoisotopic (exact) mass is 273 g/mol. The summed E-state index contributed by atoms with van der Waals surface area (Å²) < 4.78 is 10.8. The minimum Gasteiger partial charge on any atom is -0.481 e. The third-order valence-corrected chi connectivity index (χ3v) is 3.21. The van der Waals surface area contributed by atoms with Crippen molar-refractivity contribution < 1.29 is 14.3 Å². The highest BCUT2D eigenvalue weighted by Crippen LogP contribution is 2.15. The number of amides is 1. The summed E-state index contributed by atoms with van der Waals surface area (Å²) in [6.45, 7) is 1.71. The fraction of sp³-hybridized carbons (Fsp3) is 0.438. The van der Waals surface area contributed by atoms with Gasteiger partial charge in [-0.05, 0) is 43.5 Å². The highest BCUT2D eigenvalue weighted by molar-refractivity contribution is 5.94. The topological polar surface area (TPSA) is 47.6 Å². The lowest BCUT2D eigenvalue weighted by atomic mass is 10.1. The van der Waals surface area contributed by atoms with E-state index >= 15 is 0 Å². The summed E-state index contributed by atoms with van der Waals surface area (Å²) in [7, 11) is 0. The molecule has 20 heavy (non-hydrogen) atoms. The van der Waals surface area contributed by atoms with Crippen LogP contribution in [0, 0.1) is 12.3 Å². The Bertz CT molecular complexity index is 469. The Balaban J connectivity index is 1.75. The van der Waals surface area contributed by atoms with Crippen molar-refractivity contribution in [1.82, 2.24) is 5.32 Å². The maximum atomic E-state index is 11.9. The fourth-order valence-electron chi connectivity index (χ4n) is 2.15. The zero-order valence-corrected chi connectivity index (χ0v) is 11.4. The van der Waals surface area contributed by atoms with E-state index in [2.05, 4.69) is 11.2 Å². The Hall–Kier alpha value is -1.99. The molecule has 0 radical (unpaired) electrons. The zero-order valence-electron chi connectivity index (χ0n) is 11.4. The van der Waals surface area contributed by atoms with Crippen LogP contribution in [-0.4, -0.2) is 31.8 Å². The van der Waals surface area contributed by atoms with Crippen LogP contribution in [0.1, 0.15) is 29.6 Å². The first-order valence-corrected chi connectivity index (χ1v) is 6.85. The number of nitrogens with one attached hydrogen (secondary N) is 1. The molecule has 2 rings (SSSR count). The molecule has 1 aliphatic heterocycles. The average Bonchev–Trinajstić information content (AvgIpc) is 2.99. The van der Waals surface area contributed by atoms with Crippen molar-refractivity contribution in [2.24, 2.45) is 0 Å². The van der Waals surface area contributed by atoms with Crippen LogP contribution in [0.5, 0.6) is 5.75 Å². The highest BCUT2D eigenvalue weighted by atomic mass is 16.5. The number of carbonyl (C=O) groups is 1. The van der Waals surface area contributed by atoms with Crippen molar-refractivity contribution >= 4 is 5.91 Å². The Labute approximate surface area is 119 Å². The largest absolute Gasteiger partial charge is 0.481 e. The summed E-state index contributed by atoms with van der Waals surface area (Å²) in [5, 5.41) is 2.90. The van der Waals surface area contributed by atoms with E-state index in [1.165, 1.54) is 0 Å². The lowest BCUT2D eigenvalue weighted by Crippen LogP contribution is -2.26. The molecule has 1 amide bonds. The summed E-state index contributed by atoms with van der Waals surface area (Å²) in [4.78, 5) is 11.9. The van der Waals surface area contributed by atoms with Crippen LogP contribution >= 0.6 is 0 Å². The minimum atomic E-state index is -0.0773. The van der Waals surface area contributed by atoms with Crippen molar-refractivity contribution in [2.75, 3.05) is 19.8 Å². The lowest BCUT2D eigenvalue weighted by Gasteiger charge is -2.10. The molecule has 1 fully saturated rings. The lowest BCUT2D eigenvalue weighted by molar-refractivity contribution is 0.0907. The Morgan fingerprint density at radius 3 is 2.90 bits per heavy atom. The summed E-state index contributed by atoms with van der Waals surface area (Å²) in [6.07, 6.45) is 8.50. The van der Waals surface area contributed by atoms with Gasteiger partial charge >= 0.3 is 0 Å². The van der Waals surface area contributed by atoms with Gasteiger partial charge in [-0.1, -0.05) is 5.92 Å². The molecule has 1 atom stereocenters. The van der Waals surface area contributed by atoms with E-state index in [1.807, 2.05) is 0 Å². The van der Waals surface area contributed by atoms with Crippen LogP contribution in [0.3, 0.4) is 0 Å². The molecule has 0 bridgehead atoms. The Kier molecular flexibility index (Phi) is 5.45. The van der Waals surface area contributed by atoms with Crippen molar-refractivity contribution in [2.45, 2.75) is 25.4 Å². The van der Waals surface area contributed by atoms with Gasteiger partial charge in [-0.15, -0.1) is 6.42 Å². The number of benzene rings is 1. The van der Waals surface area contributed by atoms with Crippen LogP contribution < -0.4 is 10.1 Å².